The van der Waals surface area contributed by atoms with Crippen molar-refractivity contribution in [2.75, 3.05) is 13.1 Å². The third kappa shape index (κ3) is 3.28. The van der Waals surface area contributed by atoms with Crippen LogP contribution < -0.4 is 0 Å². The average molecular weight is 384 g/mol. The van der Waals surface area contributed by atoms with Crippen molar-refractivity contribution in [1.82, 2.24) is 14.5 Å². The highest BCUT2D eigenvalue weighted by atomic mass is 35.5. The molecule has 0 bridgehead atoms. The van der Waals surface area contributed by atoms with Gasteiger partial charge in [-0.25, -0.2) is 9.78 Å². The van der Waals surface area contributed by atoms with Crippen LogP contribution in [-0.2, 0) is 0 Å². The molecule has 6 nitrogen and oxygen atoms in total. The lowest BCUT2D eigenvalue weighted by molar-refractivity contribution is 0.0680. The van der Waals surface area contributed by atoms with Crippen molar-refractivity contribution in [3.63, 3.8) is 0 Å². The Balaban J connectivity index is 1.81. The molecule has 2 aromatic carbocycles. The predicted molar refractivity (Wildman–Crippen MR) is 103 cm³/mol. The molecule has 0 saturated carbocycles. The van der Waals surface area contributed by atoms with Crippen LogP contribution in [0.3, 0.4) is 0 Å². The molecule has 7 heteroatoms. The zero-order chi connectivity index (χ0) is 19.0. The minimum absolute atomic E-state index is 0.0363. The van der Waals surface area contributed by atoms with Gasteiger partial charge in [-0.05, 0) is 55.7 Å². The van der Waals surface area contributed by atoms with Gasteiger partial charge in [0.1, 0.15) is 0 Å². The van der Waals surface area contributed by atoms with Crippen LogP contribution in [0, 0.1) is 0 Å². The van der Waals surface area contributed by atoms with E-state index < -0.39 is 5.97 Å². The van der Waals surface area contributed by atoms with Crippen LogP contribution in [0.1, 0.15) is 40.2 Å². The summed E-state index contributed by atoms with van der Waals surface area (Å²) < 4.78 is 1.54. The second-order valence-corrected chi connectivity index (χ2v) is 7.05. The highest BCUT2D eigenvalue weighted by Crippen LogP contribution is 2.25. The summed E-state index contributed by atoms with van der Waals surface area (Å²) in [5, 5.41) is 10.1. The molecule has 0 aliphatic carbocycles. The molecule has 1 saturated heterocycles. The van der Waals surface area contributed by atoms with Gasteiger partial charge in [-0.2, -0.15) is 0 Å². The molecular weight excluding hydrogens is 366 g/mol. The lowest BCUT2D eigenvalue weighted by Gasteiger charge is -2.26. The van der Waals surface area contributed by atoms with Crippen molar-refractivity contribution in [3.05, 3.63) is 58.9 Å². The smallest absolute Gasteiger partial charge is 0.372 e. The second kappa shape index (κ2) is 7.04. The molecule has 1 aliphatic rings. The van der Waals surface area contributed by atoms with Crippen molar-refractivity contribution >= 4 is 34.5 Å². The molecule has 27 heavy (non-hydrogen) atoms. The first-order chi connectivity index (χ1) is 13.0. The highest BCUT2D eigenvalue weighted by Gasteiger charge is 2.22. The summed E-state index contributed by atoms with van der Waals surface area (Å²) >= 11 is 6.07. The molecule has 2 heterocycles. The number of hydrogen-bond donors (Lipinski definition) is 1. The van der Waals surface area contributed by atoms with Gasteiger partial charge in [0.15, 0.2) is 0 Å². The first-order valence-electron chi connectivity index (χ1n) is 8.85. The van der Waals surface area contributed by atoms with Crippen LogP contribution >= 0.6 is 11.6 Å². The first-order valence-corrected chi connectivity index (χ1v) is 9.23. The molecule has 1 N–H and O–H groups in total. The summed E-state index contributed by atoms with van der Waals surface area (Å²) in [4.78, 5) is 30.6. The van der Waals surface area contributed by atoms with Gasteiger partial charge < -0.3 is 10.0 Å². The predicted octanol–water partition coefficient (Wildman–Crippen LogP) is 4.00. The van der Waals surface area contributed by atoms with Crippen LogP contribution in [0.4, 0.5) is 0 Å². The lowest BCUT2D eigenvalue weighted by Crippen LogP contribution is -2.35. The van der Waals surface area contributed by atoms with Gasteiger partial charge in [0.2, 0.25) is 5.82 Å². The summed E-state index contributed by atoms with van der Waals surface area (Å²) in [6, 6.07) is 12.1. The third-order valence-electron chi connectivity index (χ3n) is 4.80. The molecule has 4 rings (SSSR count). The van der Waals surface area contributed by atoms with Gasteiger partial charge in [0, 0.05) is 29.4 Å². The molecule has 1 fully saturated rings. The number of carbonyl (C=O) groups is 2. The minimum Gasteiger partial charge on any atom is -0.475 e. The number of aromatic nitrogens is 2. The minimum atomic E-state index is -1.14. The van der Waals surface area contributed by atoms with Crippen molar-refractivity contribution in [1.29, 1.82) is 0 Å². The lowest BCUT2D eigenvalue weighted by atomic mass is 10.1. The Morgan fingerprint density at radius 2 is 1.81 bits per heavy atom. The first kappa shape index (κ1) is 17.5. The van der Waals surface area contributed by atoms with E-state index in [1.54, 1.807) is 47.0 Å². The number of rotatable bonds is 3. The largest absolute Gasteiger partial charge is 0.475 e. The summed E-state index contributed by atoms with van der Waals surface area (Å²) in [5.74, 6) is -1.30. The van der Waals surface area contributed by atoms with E-state index in [-0.39, 0.29) is 11.7 Å². The number of hydrogen-bond acceptors (Lipinski definition) is 3. The van der Waals surface area contributed by atoms with Crippen molar-refractivity contribution < 1.29 is 14.7 Å². The van der Waals surface area contributed by atoms with Gasteiger partial charge >= 0.3 is 5.97 Å². The molecule has 1 amide bonds. The number of carboxylic acids is 1. The van der Waals surface area contributed by atoms with E-state index >= 15 is 0 Å². The van der Waals surface area contributed by atoms with Crippen LogP contribution in [-0.4, -0.2) is 44.5 Å². The highest BCUT2D eigenvalue weighted by molar-refractivity contribution is 6.30. The fourth-order valence-corrected chi connectivity index (χ4v) is 3.70. The SMILES string of the molecule is O=C(O)c1nc2cc(C(=O)N3CCCCC3)ccc2n1-c1cccc(Cl)c1. The van der Waals surface area contributed by atoms with Gasteiger partial charge in [-0.15, -0.1) is 0 Å². The maximum Gasteiger partial charge on any atom is 0.372 e. The number of aromatic carboxylic acids is 1. The van der Waals surface area contributed by atoms with E-state index in [1.807, 2.05) is 4.90 Å². The monoisotopic (exact) mass is 383 g/mol. The van der Waals surface area contributed by atoms with Crippen LogP contribution in [0.15, 0.2) is 42.5 Å². The van der Waals surface area contributed by atoms with E-state index in [9.17, 15) is 14.7 Å². The van der Waals surface area contributed by atoms with Crippen molar-refractivity contribution in [3.8, 4) is 5.69 Å². The maximum atomic E-state index is 12.7. The standard InChI is InChI=1S/C20H18ClN3O3/c21-14-5-4-6-15(12-14)24-17-8-7-13(11-16(17)22-18(24)20(26)27)19(25)23-9-2-1-3-10-23/h4-8,11-12H,1-3,9-10H2,(H,26,27). The molecule has 1 aromatic heterocycles. The topological polar surface area (TPSA) is 75.4 Å². The Labute approximate surface area is 161 Å². The molecular formula is C20H18ClN3O3. The van der Waals surface area contributed by atoms with Gasteiger partial charge in [-0.3, -0.25) is 9.36 Å². The zero-order valence-electron chi connectivity index (χ0n) is 14.6. The van der Waals surface area contributed by atoms with Crippen LogP contribution in [0.5, 0.6) is 0 Å². The summed E-state index contributed by atoms with van der Waals surface area (Å²) in [7, 11) is 0. The Hall–Kier alpha value is -2.86. The fraction of sp³-hybridized carbons (Fsp3) is 0.250. The van der Waals surface area contributed by atoms with Gasteiger partial charge in [0.25, 0.3) is 5.91 Å². The zero-order valence-corrected chi connectivity index (χ0v) is 15.3. The van der Waals surface area contributed by atoms with E-state index in [0.29, 0.717) is 27.3 Å². The summed E-state index contributed by atoms with van der Waals surface area (Å²) in [6.45, 7) is 1.52. The quantitative estimate of drug-likeness (QED) is 0.741. The number of imidazole rings is 1. The Kier molecular flexibility index (Phi) is 4.58. The maximum absolute atomic E-state index is 12.7. The van der Waals surface area contributed by atoms with Crippen molar-refractivity contribution in [2.45, 2.75) is 19.3 Å². The van der Waals surface area contributed by atoms with Crippen LogP contribution in [0.25, 0.3) is 16.7 Å². The number of carboxylic acid groups (broad SMARTS) is 1. The van der Waals surface area contributed by atoms with E-state index in [2.05, 4.69) is 4.98 Å². The summed E-state index contributed by atoms with van der Waals surface area (Å²) in [5.41, 5.74) is 2.22. The van der Waals surface area contributed by atoms with E-state index in [4.69, 9.17) is 11.6 Å². The number of likely N-dealkylation sites (tertiary alicyclic amines) is 1. The Bertz CT molecular complexity index is 1040. The van der Waals surface area contributed by atoms with Crippen molar-refractivity contribution in [2.24, 2.45) is 0 Å². The second-order valence-electron chi connectivity index (χ2n) is 6.61. The molecule has 0 spiro atoms. The number of carbonyl (C=O) groups excluding carboxylic acids is 1. The van der Waals surface area contributed by atoms with Crippen LogP contribution in [0.2, 0.25) is 5.02 Å². The van der Waals surface area contributed by atoms with E-state index in [0.717, 1.165) is 32.4 Å². The number of amides is 1. The summed E-state index contributed by atoms with van der Waals surface area (Å²) in [6.07, 6.45) is 3.18. The normalized spacial score (nSPS) is 14.5. The molecule has 1 aliphatic heterocycles. The number of halogens is 1. The number of nitrogens with zero attached hydrogens (tertiary/aromatic N) is 3. The van der Waals surface area contributed by atoms with Gasteiger partial charge in [0.05, 0.1) is 11.0 Å². The molecule has 0 atom stereocenters. The van der Waals surface area contributed by atoms with Gasteiger partial charge in [-0.1, -0.05) is 17.7 Å². The number of piperidine rings is 1. The molecule has 3 aromatic rings. The fourth-order valence-electron chi connectivity index (χ4n) is 3.51. The van der Waals surface area contributed by atoms with E-state index in [1.165, 1.54) is 0 Å². The molecule has 0 radical (unpaired) electrons. The Morgan fingerprint density at radius 1 is 1.04 bits per heavy atom. The Morgan fingerprint density at radius 3 is 2.52 bits per heavy atom. The molecule has 0 unspecified atom stereocenters. The molecule has 138 valence electrons. The number of benzene rings is 2. The average Bonchev–Trinajstić information content (AvgIpc) is 3.07. The number of fused-ring (bicyclic) bond motifs is 1. The third-order valence-corrected chi connectivity index (χ3v) is 5.04.